The van der Waals surface area contributed by atoms with E-state index in [0.717, 1.165) is 42.1 Å². The lowest BCUT2D eigenvalue weighted by Gasteiger charge is -2.30. The average Bonchev–Trinajstić information content (AvgIpc) is 3.52. The van der Waals surface area contributed by atoms with Crippen LogP contribution in [-0.2, 0) is 0 Å². The second kappa shape index (κ2) is 8.23. The van der Waals surface area contributed by atoms with Crippen molar-refractivity contribution in [3.63, 3.8) is 0 Å². The number of aromatic nitrogens is 2. The highest BCUT2D eigenvalue weighted by Gasteiger charge is 2.27. The highest BCUT2D eigenvalue weighted by molar-refractivity contribution is 5.96. The van der Waals surface area contributed by atoms with E-state index in [0.29, 0.717) is 18.3 Å². The molecule has 0 spiro atoms. The molecule has 2 atom stereocenters. The molecule has 6 N–H and O–H groups in total. The van der Waals surface area contributed by atoms with Crippen molar-refractivity contribution >= 4 is 28.6 Å². The number of hydrogen-bond donors (Lipinski definition) is 4. The number of aryl methyl sites for hydroxylation is 1. The van der Waals surface area contributed by atoms with Gasteiger partial charge in [0.1, 0.15) is 5.82 Å². The van der Waals surface area contributed by atoms with Gasteiger partial charge in [-0.15, -0.1) is 0 Å². The first-order valence-electron chi connectivity index (χ1n) is 10.4. The van der Waals surface area contributed by atoms with Crippen LogP contribution in [0.15, 0.2) is 23.2 Å². The second-order valence-electron chi connectivity index (χ2n) is 8.23. The van der Waals surface area contributed by atoms with Crippen LogP contribution in [0.5, 0.6) is 0 Å². The molecule has 0 bridgehead atoms. The second-order valence-corrected chi connectivity index (χ2v) is 8.23. The maximum absolute atomic E-state index is 12.6. The molecule has 154 valence electrons. The first kappa shape index (κ1) is 19.4. The van der Waals surface area contributed by atoms with Gasteiger partial charge in [0.2, 0.25) is 5.82 Å². The van der Waals surface area contributed by atoms with Gasteiger partial charge in [0.05, 0.1) is 17.6 Å². The van der Waals surface area contributed by atoms with E-state index in [-0.39, 0.29) is 29.8 Å². The highest BCUT2D eigenvalue weighted by Crippen LogP contribution is 2.29. The number of fused-ring (bicyclic) bond motifs is 1. The summed E-state index contributed by atoms with van der Waals surface area (Å²) in [6, 6.07) is 6.03. The van der Waals surface area contributed by atoms with Crippen LogP contribution in [-0.4, -0.2) is 40.5 Å². The predicted octanol–water partition coefficient (Wildman–Crippen LogP) is 2.07. The monoisotopic (exact) mass is 395 g/mol. The van der Waals surface area contributed by atoms with Gasteiger partial charge in [0, 0.05) is 11.9 Å². The zero-order valence-electron chi connectivity index (χ0n) is 16.8. The Morgan fingerprint density at radius 3 is 2.72 bits per heavy atom. The maximum atomic E-state index is 12.6. The summed E-state index contributed by atoms with van der Waals surface area (Å²) in [5.74, 6) is 1.33. The van der Waals surface area contributed by atoms with E-state index < -0.39 is 0 Å². The van der Waals surface area contributed by atoms with E-state index in [4.69, 9.17) is 11.5 Å². The number of carbonyl (C=O) groups excluding carboxylic acids is 1. The number of amides is 1. The molecule has 2 aromatic rings. The quantitative estimate of drug-likeness (QED) is 0.437. The first-order valence-corrected chi connectivity index (χ1v) is 10.4. The topological polar surface area (TPSA) is 131 Å². The van der Waals surface area contributed by atoms with Crippen molar-refractivity contribution in [2.24, 2.45) is 22.4 Å². The van der Waals surface area contributed by atoms with Crippen molar-refractivity contribution in [2.45, 2.75) is 57.5 Å². The molecule has 1 heterocycles. The van der Waals surface area contributed by atoms with Gasteiger partial charge in [-0.2, -0.15) is 0 Å². The zero-order chi connectivity index (χ0) is 20.4. The Kier molecular flexibility index (Phi) is 5.51. The molecular formula is C21H29N7O. The molecule has 0 aliphatic heterocycles. The van der Waals surface area contributed by atoms with Gasteiger partial charge in [0.25, 0.3) is 5.91 Å². The average molecular weight is 396 g/mol. The lowest BCUT2D eigenvalue weighted by Crippen LogP contribution is -2.38. The lowest BCUT2D eigenvalue weighted by molar-refractivity contribution is 0.0942. The lowest BCUT2D eigenvalue weighted by atomic mass is 9.90. The molecule has 0 unspecified atom stereocenters. The number of nitrogens with two attached hydrogens (primary N) is 2. The van der Waals surface area contributed by atoms with Crippen LogP contribution in [0.1, 0.15) is 54.7 Å². The summed E-state index contributed by atoms with van der Waals surface area (Å²) >= 11 is 0. The van der Waals surface area contributed by atoms with Crippen molar-refractivity contribution in [1.82, 2.24) is 15.3 Å². The Balaban J connectivity index is 1.65. The molecule has 8 nitrogen and oxygen atoms in total. The van der Waals surface area contributed by atoms with Crippen molar-refractivity contribution in [1.29, 1.82) is 0 Å². The number of guanidine groups is 1. The molecule has 2 saturated carbocycles. The van der Waals surface area contributed by atoms with Crippen LogP contribution in [0.3, 0.4) is 0 Å². The summed E-state index contributed by atoms with van der Waals surface area (Å²) in [5, 5.41) is 7.39. The number of carbonyl (C=O) groups is 1. The van der Waals surface area contributed by atoms with Gasteiger partial charge in [-0.25, -0.2) is 15.0 Å². The third-order valence-corrected chi connectivity index (χ3v) is 5.67. The molecule has 2 fully saturated rings. The van der Waals surface area contributed by atoms with Crippen molar-refractivity contribution in [2.75, 3.05) is 11.9 Å². The first-order chi connectivity index (χ1) is 14.0. The molecule has 1 aromatic carbocycles. The third-order valence-electron chi connectivity index (χ3n) is 5.67. The molecule has 8 heteroatoms. The highest BCUT2D eigenvalue weighted by atomic mass is 16.2. The number of nitrogens with zero attached hydrogens (tertiary/aromatic N) is 3. The largest absolute Gasteiger partial charge is 0.370 e. The van der Waals surface area contributed by atoms with Crippen LogP contribution in [0.25, 0.3) is 10.9 Å². The van der Waals surface area contributed by atoms with E-state index in [9.17, 15) is 4.79 Å². The molecule has 0 saturated heterocycles. The molecule has 1 amide bonds. The van der Waals surface area contributed by atoms with Crippen LogP contribution in [0.2, 0.25) is 0 Å². The Labute approximate surface area is 170 Å². The van der Waals surface area contributed by atoms with E-state index >= 15 is 0 Å². The zero-order valence-corrected chi connectivity index (χ0v) is 16.8. The summed E-state index contributed by atoms with van der Waals surface area (Å²) in [6.07, 6.45) is 6.43. The normalized spacial score (nSPS) is 21.6. The minimum absolute atomic E-state index is 0.00397. The Morgan fingerprint density at radius 2 is 1.97 bits per heavy atom. The fourth-order valence-electron chi connectivity index (χ4n) is 3.89. The molecule has 29 heavy (non-hydrogen) atoms. The number of hydrogen-bond acceptors (Lipinski definition) is 5. The maximum Gasteiger partial charge on any atom is 0.289 e. The molecule has 1 aromatic heterocycles. The molecule has 0 radical (unpaired) electrons. The van der Waals surface area contributed by atoms with Gasteiger partial charge < -0.3 is 22.1 Å². The number of aliphatic imine (C=N–C) groups is 1. The van der Waals surface area contributed by atoms with Crippen LogP contribution in [0, 0.1) is 12.8 Å². The van der Waals surface area contributed by atoms with Crippen molar-refractivity contribution < 1.29 is 4.79 Å². The van der Waals surface area contributed by atoms with Crippen LogP contribution in [0.4, 0.5) is 5.82 Å². The molecule has 4 rings (SSSR count). The van der Waals surface area contributed by atoms with Gasteiger partial charge >= 0.3 is 0 Å². The van der Waals surface area contributed by atoms with Gasteiger partial charge in [-0.3, -0.25) is 4.79 Å². The summed E-state index contributed by atoms with van der Waals surface area (Å²) in [5.41, 5.74) is 13.1. The SMILES string of the molecule is Cc1ccc2nc(C(=O)NCC3CC3)nc(N[C@H]3CCCC[C@H]3N=C(N)N)c2c1. The van der Waals surface area contributed by atoms with E-state index in [1.165, 1.54) is 12.8 Å². The number of nitrogens with one attached hydrogen (secondary N) is 2. The summed E-state index contributed by atoms with van der Waals surface area (Å²) in [6.45, 7) is 2.72. The minimum Gasteiger partial charge on any atom is -0.370 e. The van der Waals surface area contributed by atoms with E-state index in [1.807, 2.05) is 25.1 Å². The Morgan fingerprint density at radius 1 is 1.17 bits per heavy atom. The summed E-state index contributed by atoms with van der Waals surface area (Å²) in [4.78, 5) is 26.1. The van der Waals surface area contributed by atoms with E-state index in [1.54, 1.807) is 0 Å². The molecule has 2 aliphatic rings. The predicted molar refractivity (Wildman–Crippen MR) is 115 cm³/mol. The van der Waals surface area contributed by atoms with Gasteiger partial charge in [0.15, 0.2) is 5.96 Å². The standard InChI is InChI=1S/C21H29N7O/c1-12-6-9-15-14(10-12)18(26-16-4-2-3-5-17(16)27-21(22)23)28-19(25-15)20(29)24-11-13-7-8-13/h6,9-10,13,16-17H,2-5,7-8,11H2,1H3,(H,24,29)(H4,22,23,27)(H,25,26,28)/t16-,17+/m0/s1. The number of benzene rings is 1. The van der Waals surface area contributed by atoms with E-state index in [2.05, 4.69) is 25.6 Å². The van der Waals surface area contributed by atoms with Crippen molar-refractivity contribution in [3.05, 3.63) is 29.6 Å². The molecule has 2 aliphatic carbocycles. The molecular weight excluding hydrogens is 366 g/mol. The smallest absolute Gasteiger partial charge is 0.289 e. The van der Waals surface area contributed by atoms with Crippen LogP contribution < -0.4 is 22.1 Å². The summed E-state index contributed by atoms with van der Waals surface area (Å²) < 4.78 is 0. The number of anilines is 1. The number of rotatable bonds is 6. The van der Waals surface area contributed by atoms with Gasteiger partial charge in [-0.05, 0) is 50.7 Å². The Bertz CT molecular complexity index is 934. The summed E-state index contributed by atoms with van der Waals surface area (Å²) in [7, 11) is 0. The fraction of sp³-hybridized carbons (Fsp3) is 0.524. The van der Waals surface area contributed by atoms with Crippen molar-refractivity contribution in [3.8, 4) is 0 Å². The minimum atomic E-state index is -0.230. The fourth-order valence-corrected chi connectivity index (χ4v) is 3.89. The Hall–Kier alpha value is -2.90. The van der Waals surface area contributed by atoms with Crippen LogP contribution >= 0.6 is 0 Å². The van der Waals surface area contributed by atoms with Gasteiger partial charge in [-0.1, -0.05) is 24.5 Å². The third kappa shape index (κ3) is 4.75.